The van der Waals surface area contributed by atoms with E-state index in [2.05, 4.69) is 18.9 Å². The molecule has 2 atom stereocenters. The van der Waals surface area contributed by atoms with Gasteiger partial charge in [-0.15, -0.1) is 12.3 Å². The minimum Gasteiger partial charge on any atom is -0.497 e. The number of methoxy groups -OCH3 is 2. The maximum absolute atomic E-state index is 12.7. The van der Waals surface area contributed by atoms with Crippen molar-refractivity contribution in [1.29, 1.82) is 0 Å². The molecule has 0 aliphatic heterocycles. The SMILES string of the molecule is C#CCCC/C(=C/Cl)CCC(C)/C=C/CCC(=O)N(C)C(Cc1ccc(OC)cc1)C(=O)OC. The van der Waals surface area contributed by atoms with Crippen molar-refractivity contribution in [2.45, 2.75) is 64.3 Å². The van der Waals surface area contributed by atoms with Crippen LogP contribution in [0, 0.1) is 18.3 Å². The summed E-state index contributed by atoms with van der Waals surface area (Å²) in [6.45, 7) is 2.15. The summed E-state index contributed by atoms with van der Waals surface area (Å²) in [5, 5.41) is 0. The van der Waals surface area contributed by atoms with E-state index in [0.717, 1.165) is 43.4 Å². The Labute approximate surface area is 210 Å². The monoisotopic (exact) mass is 487 g/mol. The Balaban J connectivity index is 2.54. The molecule has 2 unspecified atom stereocenters. The lowest BCUT2D eigenvalue weighted by molar-refractivity contribution is -0.151. The van der Waals surface area contributed by atoms with Crippen LogP contribution in [0.1, 0.15) is 57.4 Å². The Morgan fingerprint density at radius 3 is 2.47 bits per heavy atom. The number of ether oxygens (including phenoxy) is 2. The molecule has 186 valence electrons. The van der Waals surface area contributed by atoms with Gasteiger partial charge in [-0.3, -0.25) is 4.79 Å². The molecule has 6 heteroatoms. The second-order valence-electron chi connectivity index (χ2n) is 8.40. The third kappa shape index (κ3) is 10.9. The zero-order valence-electron chi connectivity index (χ0n) is 20.9. The van der Waals surface area contributed by atoms with Gasteiger partial charge in [0.25, 0.3) is 0 Å². The van der Waals surface area contributed by atoms with Crippen molar-refractivity contribution in [3.8, 4) is 18.1 Å². The summed E-state index contributed by atoms with van der Waals surface area (Å²) in [4.78, 5) is 26.6. The quantitative estimate of drug-likeness (QED) is 0.133. The van der Waals surface area contributed by atoms with Crippen LogP contribution in [-0.2, 0) is 20.7 Å². The molecule has 0 spiro atoms. The van der Waals surface area contributed by atoms with E-state index in [4.69, 9.17) is 27.5 Å². The third-order valence-corrected chi connectivity index (χ3v) is 6.11. The number of amides is 1. The van der Waals surface area contributed by atoms with Crippen LogP contribution >= 0.6 is 11.6 Å². The van der Waals surface area contributed by atoms with E-state index in [1.54, 1.807) is 19.7 Å². The van der Waals surface area contributed by atoms with Gasteiger partial charge in [-0.1, -0.05) is 48.4 Å². The number of unbranched alkanes of at least 4 members (excludes halogenated alkanes) is 1. The molecule has 0 radical (unpaired) electrons. The Hall–Kier alpha value is -2.71. The average molecular weight is 488 g/mol. The predicted molar refractivity (Wildman–Crippen MR) is 139 cm³/mol. The van der Waals surface area contributed by atoms with Gasteiger partial charge in [0, 0.05) is 31.8 Å². The van der Waals surface area contributed by atoms with Crippen LogP contribution in [0.3, 0.4) is 0 Å². The zero-order chi connectivity index (χ0) is 25.3. The smallest absolute Gasteiger partial charge is 0.328 e. The van der Waals surface area contributed by atoms with Crippen LogP contribution in [0.25, 0.3) is 0 Å². The van der Waals surface area contributed by atoms with Crippen molar-refractivity contribution < 1.29 is 19.1 Å². The molecule has 0 bridgehead atoms. The summed E-state index contributed by atoms with van der Waals surface area (Å²) < 4.78 is 10.1. The van der Waals surface area contributed by atoms with E-state index in [9.17, 15) is 9.59 Å². The van der Waals surface area contributed by atoms with E-state index in [1.807, 2.05) is 30.3 Å². The number of terminal acetylenes is 1. The van der Waals surface area contributed by atoms with Gasteiger partial charge in [0.2, 0.25) is 5.91 Å². The van der Waals surface area contributed by atoms with Gasteiger partial charge in [0.05, 0.1) is 14.2 Å². The van der Waals surface area contributed by atoms with E-state index >= 15 is 0 Å². The number of benzene rings is 1. The minimum absolute atomic E-state index is 0.0953. The Morgan fingerprint density at radius 2 is 1.88 bits per heavy atom. The summed E-state index contributed by atoms with van der Waals surface area (Å²) in [5.41, 5.74) is 3.82. The molecule has 0 N–H and O–H groups in total. The highest BCUT2D eigenvalue weighted by atomic mass is 35.5. The van der Waals surface area contributed by atoms with Gasteiger partial charge < -0.3 is 14.4 Å². The van der Waals surface area contributed by atoms with Crippen LogP contribution in [0.5, 0.6) is 5.75 Å². The number of carbonyl (C=O) groups excluding carboxylic acids is 2. The van der Waals surface area contributed by atoms with E-state index in [1.165, 1.54) is 17.6 Å². The van der Waals surface area contributed by atoms with Gasteiger partial charge in [0.1, 0.15) is 11.8 Å². The molecule has 0 saturated heterocycles. The zero-order valence-corrected chi connectivity index (χ0v) is 21.6. The molecule has 1 aromatic rings. The summed E-state index contributed by atoms with van der Waals surface area (Å²) in [5.74, 6) is 3.25. The minimum atomic E-state index is -0.677. The molecule has 1 aromatic carbocycles. The second kappa shape index (κ2) is 16.8. The number of likely N-dealkylation sites (N-methyl/N-ethyl adjacent to an activating group) is 1. The van der Waals surface area contributed by atoms with Crippen molar-refractivity contribution in [2.75, 3.05) is 21.3 Å². The highest BCUT2D eigenvalue weighted by Gasteiger charge is 2.27. The number of nitrogens with zero attached hydrogens (tertiary/aromatic N) is 1. The molecule has 34 heavy (non-hydrogen) atoms. The Kier molecular flexibility index (Phi) is 14.5. The normalized spacial score (nSPS) is 13.2. The molecule has 0 saturated carbocycles. The molecule has 0 fully saturated rings. The number of halogens is 1. The number of hydrogen-bond donors (Lipinski definition) is 0. The van der Waals surface area contributed by atoms with Crippen molar-refractivity contribution in [3.05, 3.63) is 53.1 Å². The Morgan fingerprint density at radius 1 is 1.18 bits per heavy atom. The van der Waals surface area contributed by atoms with Gasteiger partial charge in [-0.2, -0.15) is 0 Å². The third-order valence-electron chi connectivity index (χ3n) is 5.81. The number of allylic oxidation sites excluding steroid dienone is 3. The van der Waals surface area contributed by atoms with Crippen molar-refractivity contribution in [1.82, 2.24) is 4.90 Å². The lowest BCUT2D eigenvalue weighted by atomic mass is 9.98. The van der Waals surface area contributed by atoms with Gasteiger partial charge in [-0.05, 0) is 55.7 Å². The van der Waals surface area contributed by atoms with E-state index in [-0.39, 0.29) is 5.91 Å². The first-order valence-corrected chi connectivity index (χ1v) is 12.1. The molecule has 0 aromatic heterocycles. The number of carbonyl (C=O) groups is 2. The summed E-state index contributed by atoms with van der Waals surface area (Å²) in [6.07, 6.45) is 15.4. The van der Waals surface area contributed by atoms with Crippen LogP contribution in [0.2, 0.25) is 0 Å². The largest absolute Gasteiger partial charge is 0.497 e. The van der Waals surface area contributed by atoms with E-state index in [0.29, 0.717) is 25.2 Å². The second-order valence-corrected chi connectivity index (χ2v) is 8.62. The summed E-state index contributed by atoms with van der Waals surface area (Å²) in [6, 6.07) is 6.76. The fourth-order valence-electron chi connectivity index (χ4n) is 3.55. The lowest BCUT2D eigenvalue weighted by Gasteiger charge is -2.26. The molecule has 5 nitrogen and oxygen atoms in total. The highest BCUT2D eigenvalue weighted by Crippen LogP contribution is 2.20. The molecule has 0 heterocycles. The average Bonchev–Trinajstić information content (AvgIpc) is 2.86. The maximum Gasteiger partial charge on any atom is 0.328 e. The molecule has 1 rings (SSSR count). The fourth-order valence-corrected chi connectivity index (χ4v) is 3.76. The molecule has 1 amide bonds. The fraction of sp³-hybridized carbons (Fsp3) is 0.500. The van der Waals surface area contributed by atoms with Crippen LogP contribution < -0.4 is 4.74 Å². The number of hydrogen-bond acceptors (Lipinski definition) is 4. The molecule has 0 aliphatic carbocycles. The topological polar surface area (TPSA) is 55.8 Å². The predicted octanol–water partition coefficient (Wildman–Crippen LogP) is 5.92. The van der Waals surface area contributed by atoms with Crippen molar-refractivity contribution in [2.24, 2.45) is 5.92 Å². The summed E-state index contributed by atoms with van der Waals surface area (Å²) >= 11 is 5.93. The van der Waals surface area contributed by atoms with Crippen molar-refractivity contribution in [3.63, 3.8) is 0 Å². The first-order chi connectivity index (χ1) is 16.4. The molecular weight excluding hydrogens is 450 g/mol. The first kappa shape index (κ1) is 29.3. The first-order valence-electron chi connectivity index (χ1n) is 11.7. The lowest BCUT2D eigenvalue weighted by Crippen LogP contribution is -2.44. The number of esters is 1. The van der Waals surface area contributed by atoms with Gasteiger partial charge in [-0.25, -0.2) is 4.79 Å². The maximum atomic E-state index is 12.7. The van der Waals surface area contributed by atoms with Gasteiger partial charge >= 0.3 is 5.97 Å². The summed E-state index contributed by atoms with van der Waals surface area (Å²) in [7, 11) is 4.59. The van der Waals surface area contributed by atoms with Crippen LogP contribution in [-0.4, -0.2) is 44.1 Å². The standard InChI is InChI=1S/C28H38ClNO4/c1-6-7-8-12-24(21-29)15-14-22(2)11-9-10-13-27(31)30(3)26(28(32)34-5)20-23-16-18-25(33-4)19-17-23/h1,9,11,16-19,21-22,26H,7-8,10,12-15,20H2,2-5H3/b11-9+,24-21-. The molecule has 0 aliphatic rings. The van der Waals surface area contributed by atoms with Crippen molar-refractivity contribution >= 4 is 23.5 Å². The van der Waals surface area contributed by atoms with Crippen LogP contribution in [0.4, 0.5) is 0 Å². The van der Waals surface area contributed by atoms with E-state index < -0.39 is 12.0 Å². The molecular formula is C28H38ClNO4. The number of rotatable bonds is 15. The Bertz CT molecular complexity index is 854. The van der Waals surface area contributed by atoms with Crippen LogP contribution in [0.15, 0.2) is 47.5 Å². The van der Waals surface area contributed by atoms with Gasteiger partial charge in [0.15, 0.2) is 0 Å². The highest BCUT2D eigenvalue weighted by molar-refractivity contribution is 6.25.